The van der Waals surface area contributed by atoms with Crippen LogP contribution in [0.3, 0.4) is 0 Å². The van der Waals surface area contributed by atoms with Gasteiger partial charge in [-0.1, -0.05) is 20.8 Å². The molecule has 0 aliphatic heterocycles. The molecule has 0 spiro atoms. The van der Waals surface area contributed by atoms with Crippen molar-refractivity contribution in [2.75, 3.05) is 6.54 Å². The number of aryl methyl sites for hydroxylation is 1. The van der Waals surface area contributed by atoms with E-state index < -0.39 is 0 Å². The molecule has 0 aromatic carbocycles. The van der Waals surface area contributed by atoms with Gasteiger partial charge in [0.05, 0.1) is 16.1 Å². The molecule has 2 rings (SSSR count). The monoisotopic (exact) mass is 281 g/mol. The van der Waals surface area contributed by atoms with E-state index >= 15 is 0 Å². The SMILES string of the molecule is CCc1nc(-c2cncs2)sc1CNCC(C)C. The van der Waals surface area contributed by atoms with Gasteiger partial charge in [0.1, 0.15) is 5.01 Å². The van der Waals surface area contributed by atoms with Crippen LogP contribution in [0.15, 0.2) is 11.7 Å². The minimum Gasteiger partial charge on any atom is -0.312 e. The molecule has 0 amide bonds. The summed E-state index contributed by atoms with van der Waals surface area (Å²) in [6.45, 7) is 8.60. The molecule has 18 heavy (non-hydrogen) atoms. The van der Waals surface area contributed by atoms with Gasteiger partial charge in [-0.05, 0) is 18.9 Å². The maximum absolute atomic E-state index is 4.72. The van der Waals surface area contributed by atoms with Crippen LogP contribution in [0.2, 0.25) is 0 Å². The van der Waals surface area contributed by atoms with Crippen LogP contribution in [0.4, 0.5) is 0 Å². The average Bonchev–Trinajstić information content (AvgIpc) is 2.96. The first-order chi connectivity index (χ1) is 8.70. The van der Waals surface area contributed by atoms with Gasteiger partial charge in [-0.3, -0.25) is 4.98 Å². The fraction of sp³-hybridized carbons (Fsp3) is 0.538. The zero-order chi connectivity index (χ0) is 13.0. The maximum atomic E-state index is 4.72. The highest BCUT2D eigenvalue weighted by Crippen LogP contribution is 2.30. The third-order valence-electron chi connectivity index (χ3n) is 2.59. The molecule has 1 N–H and O–H groups in total. The number of hydrogen-bond donors (Lipinski definition) is 1. The van der Waals surface area contributed by atoms with Crippen molar-refractivity contribution in [2.24, 2.45) is 5.92 Å². The summed E-state index contributed by atoms with van der Waals surface area (Å²) in [6, 6.07) is 0. The number of aromatic nitrogens is 2. The lowest BCUT2D eigenvalue weighted by Gasteiger charge is -2.06. The zero-order valence-corrected chi connectivity index (χ0v) is 12.7. The molecule has 0 saturated heterocycles. The van der Waals surface area contributed by atoms with E-state index in [1.807, 2.05) is 11.7 Å². The topological polar surface area (TPSA) is 37.8 Å². The van der Waals surface area contributed by atoms with Crippen molar-refractivity contribution in [3.63, 3.8) is 0 Å². The van der Waals surface area contributed by atoms with Gasteiger partial charge in [0.25, 0.3) is 0 Å². The molecule has 2 aromatic heterocycles. The first-order valence-electron chi connectivity index (χ1n) is 6.28. The molecule has 98 valence electrons. The molecule has 5 heteroatoms. The molecule has 0 aliphatic rings. The van der Waals surface area contributed by atoms with Crippen molar-refractivity contribution >= 4 is 22.7 Å². The lowest BCUT2D eigenvalue weighted by Crippen LogP contribution is -2.18. The quantitative estimate of drug-likeness (QED) is 0.879. The van der Waals surface area contributed by atoms with Gasteiger partial charge in [-0.2, -0.15) is 0 Å². The Kier molecular flexibility index (Phi) is 4.86. The standard InChI is InChI=1S/C13H19N3S2/c1-4-10-11(6-14-5-9(2)3)18-13(16-10)12-7-15-8-17-12/h7-9,14H,4-6H2,1-3H3. The lowest BCUT2D eigenvalue weighted by molar-refractivity contribution is 0.553. The van der Waals surface area contributed by atoms with E-state index in [2.05, 4.69) is 31.1 Å². The molecule has 2 heterocycles. The maximum Gasteiger partial charge on any atom is 0.135 e. The summed E-state index contributed by atoms with van der Waals surface area (Å²) in [5.74, 6) is 0.684. The van der Waals surface area contributed by atoms with E-state index in [0.29, 0.717) is 5.92 Å². The number of thiazole rings is 2. The van der Waals surface area contributed by atoms with Crippen molar-refractivity contribution in [1.29, 1.82) is 0 Å². The summed E-state index contributed by atoms with van der Waals surface area (Å²) in [7, 11) is 0. The van der Waals surface area contributed by atoms with E-state index in [-0.39, 0.29) is 0 Å². The summed E-state index contributed by atoms with van der Waals surface area (Å²) in [5, 5.41) is 4.60. The molecule has 0 atom stereocenters. The Morgan fingerprint density at radius 1 is 1.39 bits per heavy atom. The van der Waals surface area contributed by atoms with E-state index in [9.17, 15) is 0 Å². The Labute approximate surface area is 116 Å². The van der Waals surface area contributed by atoms with Crippen molar-refractivity contribution in [2.45, 2.75) is 33.7 Å². The van der Waals surface area contributed by atoms with E-state index in [1.54, 1.807) is 22.7 Å². The first-order valence-corrected chi connectivity index (χ1v) is 7.98. The van der Waals surface area contributed by atoms with Crippen LogP contribution in [0.1, 0.15) is 31.3 Å². The van der Waals surface area contributed by atoms with Crippen LogP contribution in [-0.4, -0.2) is 16.5 Å². The van der Waals surface area contributed by atoms with Crippen LogP contribution in [0.5, 0.6) is 0 Å². The largest absolute Gasteiger partial charge is 0.312 e. The van der Waals surface area contributed by atoms with Crippen LogP contribution in [-0.2, 0) is 13.0 Å². The summed E-state index contributed by atoms with van der Waals surface area (Å²) >= 11 is 3.44. The van der Waals surface area contributed by atoms with Crippen LogP contribution >= 0.6 is 22.7 Å². The lowest BCUT2D eigenvalue weighted by atomic mass is 10.2. The van der Waals surface area contributed by atoms with Gasteiger partial charge in [0.15, 0.2) is 0 Å². The Balaban J connectivity index is 2.10. The number of rotatable bonds is 6. The Hall–Kier alpha value is -0.780. The Bertz CT molecular complexity index is 474. The summed E-state index contributed by atoms with van der Waals surface area (Å²) in [6.07, 6.45) is 2.89. The fourth-order valence-electron chi connectivity index (χ4n) is 1.70. The number of hydrogen-bond acceptors (Lipinski definition) is 5. The molecule has 0 aliphatic carbocycles. The Morgan fingerprint density at radius 3 is 2.83 bits per heavy atom. The van der Waals surface area contributed by atoms with E-state index in [4.69, 9.17) is 4.98 Å². The summed E-state index contributed by atoms with van der Waals surface area (Å²) < 4.78 is 0. The van der Waals surface area contributed by atoms with Gasteiger partial charge < -0.3 is 5.32 Å². The van der Waals surface area contributed by atoms with Gasteiger partial charge in [0.2, 0.25) is 0 Å². The smallest absolute Gasteiger partial charge is 0.135 e. The van der Waals surface area contributed by atoms with Crippen molar-refractivity contribution in [1.82, 2.24) is 15.3 Å². The molecule has 3 nitrogen and oxygen atoms in total. The summed E-state index contributed by atoms with van der Waals surface area (Å²) in [4.78, 5) is 11.4. The van der Waals surface area contributed by atoms with Crippen molar-refractivity contribution < 1.29 is 0 Å². The van der Waals surface area contributed by atoms with Crippen LogP contribution in [0, 0.1) is 5.92 Å². The number of nitrogens with one attached hydrogen (secondary N) is 1. The second kappa shape index (κ2) is 6.41. The fourth-order valence-corrected chi connectivity index (χ4v) is 3.50. The Morgan fingerprint density at radius 2 is 2.22 bits per heavy atom. The van der Waals surface area contributed by atoms with Crippen LogP contribution in [0.25, 0.3) is 9.88 Å². The van der Waals surface area contributed by atoms with E-state index in [1.165, 1.54) is 15.4 Å². The third-order valence-corrected chi connectivity index (χ3v) is 4.63. The molecule has 0 fully saturated rings. The van der Waals surface area contributed by atoms with Gasteiger partial charge in [0, 0.05) is 17.6 Å². The molecule has 0 saturated carbocycles. The highest BCUT2D eigenvalue weighted by Gasteiger charge is 2.12. The highest BCUT2D eigenvalue weighted by molar-refractivity contribution is 7.20. The van der Waals surface area contributed by atoms with Crippen molar-refractivity contribution in [3.05, 3.63) is 22.3 Å². The van der Waals surface area contributed by atoms with Crippen LogP contribution < -0.4 is 5.32 Å². The second-order valence-electron chi connectivity index (χ2n) is 4.63. The molecular formula is C13H19N3S2. The predicted molar refractivity (Wildman–Crippen MR) is 79.1 cm³/mol. The predicted octanol–water partition coefficient (Wildman–Crippen LogP) is 3.57. The second-order valence-corrected chi connectivity index (χ2v) is 6.60. The first kappa shape index (κ1) is 13.6. The molecule has 0 unspecified atom stereocenters. The van der Waals surface area contributed by atoms with E-state index in [0.717, 1.165) is 24.5 Å². The highest BCUT2D eigenvalue weighted by atomic mass is 32.1. The minimum atomic E-state index is 0.684. The number of nitrogens with zero attached hydrogens (tertiary/aromatic N) is 2. The average molecular weight is 281 g/mol. The molecular weight excluding hydrogens is 262 g/mol. The minimum absolute atomic E-state index is 0.684. The van der Waals surface area contributed by atoms with Crippen molar-refractivity contribution in [3.8, 4) is 9.88 Å². The van der Waals surface area contributed by atoms with Gasteiger partial charge in [-0.25, -0.2) is 4.98 Å². The summed E-state index contributed by atoms with van der Waals surface area (Å²) in [5.41, 5.74) is 3.08. The normalized spacial score (nSPS) is 11.3. The molecule has 0 bridgehead atoms. The zero-order valence-electron chi connectivity index (χ0n) is 11.1. The third kappa shape index (κ3) is 3.37. The van der Waals surface area contributed by atoms with Gasteiger partial charge in [-0.15, -0.1) is 22.7 Å². The van der Waals surface area contributed by atoms with Gasteiger partial charge >= 0.3 is 0 Å². The molecule has 0 radical (unpaired) electrons. The molecule has 2 aromatic rings.